The molecule has 1 fully saturated rings. The zero-order valence-electron chi connectivity index (χ0n) is 14.9. The lowest BCUT2D eigenvalue weighted by Crippen LogP contribution is -2.42. The van der Waals surface area contributed by atoms with Crippen LogP contribution in [-0.2, 0) is 0 Å². The molecule has 1 amide bonds. The fourth-order valence-corrected chi connectivity index (χ4v) is 3.49. The Hall–Kier alpha value is -3.21. The van der Waals surface area contributed by atoms with Gasteiger partial charge in [0.05, 0.1) is 0 Å². The number of hydrogen-bond donors (Lipinski definition) is 0. The van der Waals surface area contributed by atoms with Crippen molar-refractivity contribution in [2.24, 2.45) is 5.92 Å². The minimum absolute atomic E-state index is 0.0956. The Bertz CT molecular complexity index is 934. The third-order valence-corrected chi connectivity index (χ3v) is 4.93. The van der Waals surface area contributed by atoms with E-state index in [4.69, 9.17) is 4.52 Å². The molecule has 0 saturated carbocycles. The molecule has 2 heterocycles. The van der Waals surface area contributed by atoms with Crippen molar-refractivity contribution in [1.29, 1.82) is 0 Å². The van der Waals surface area contributed by atoms with E-state index >= 15 is 0 Å². The molecule has 1 atom stereocenters. The lowest BCUT2D eigenvalue weighted by Gasteiger charge is -2.31. The number of aromatic nitrogens is 1. The molecule has 0 radical (unpaired) electrons. The zero-order valence-corrected chi connectivity index (χ0v) is 14.9. The maximum atomic E-state index is 12.8. The largest absolute Gasteiger partial charge is 0.355 e. The number of carbonyl (C=O) groups is 2. The van der Waals surface area contributed by atoms with E-state index in [2.05, 4.69) is 5.16 Å². The van der Waals surface area contributed by atoms with Gasteiger partial charge in [0.1, 0.15) is 0 Å². The minimum atomic E-state index is -0.188. The first-order valence-corrected chi connectivity index (χ1v) is 9.13. The molecule has 5 heteroatoms. The quantitative estimate of drug-likeness (QED) is 0.658. The highest BCUT2D eigenvalue weighted by atomic mass is 16.5. The van der Waals surface area contributed by atoms with E-state index in [-0.39, 0.29) is 23.3 Å². The summed E-state index contributed by atoms with van der Waals surface area (Å²) >= 11 is 0. The normalized spacial score (nSPS) is 16.9. The van der Waals surface area contributed by atoms with Gasteiger partial charge in [0, 0.05) is 36.2 Å². The third-order valence-electron chi connectivity index (χ3n) is 4.93. The molecule has 0 bridgehead atoms. The average molecular weight is 360 g/mol. The number of amides is 1. The van der Waals surface area contributed by atoms with Crippen LogP contribution in [0.5, 0.6) is 0 Å². The van der Waals surface area contributed by atoms with Gasteiger partial charge in [0.15, 0.2) is 17.2 Å². The van der Waals surface area contributed by atoms with Gasteiger partial charge in [-0.1, -0.05) is 65.8 Å². The zero-order chi connectivity index (χ0) is 18.6. The molecular weight excluding hydrogens is 340 g/mol. The Morgan fingerprint density at radius 1 is 1.00 bits per heavy atom. The van der Waals surface area contributed by atoms with E-state index in [1.807, 2.05) is 60.7 Å². The molecule has 0 aliphatic carbocycles. The van der Waals surface area contributed by atoms with Gasteiger partial charge in [0.25, 0.3) is 5.91 Å². The Kier molecular flexibility index (Phi) is 4.83. The molecule has 1 aliphatic rings. The van der Waals surface area contributed by atoms with Crippen molar-refractivity contribution >= 4 is 11.7 Å². The van der Waals surface area contributed by atoms with Crippen LogP contribution in [0.2, 0.25) is 0 Å². The van der Waals surface area contributed by atoms with Gasteiger partial charge in [-0.2, -0.15) is 0 Å². The van der Waals surface area contributed by atoms with Gasteiger partial charge >= 0.3 is 0 Å². The van der Waals surface area contributed by atoms with Crippen LogP contribution < -0.4 is 0 Å². The average Bonchev–Trinajstić information content (AvgIpc) is 3.24. The number of hydrogen-bond acceptors (Lipinski definition) is 4. The number of Topliss-reactive ketones (excluding diaryl/α,β-unsaturated/α-hetero) is 1. The Balaban J connectivity index is 1.48. The summed E-state index contributed by atoms with van der Waals surface area (Å²) in [6, 6.07) is 20.5. The lowest BCUT2D eigenvalue weighted by molar-refractivity contribution is 0.0628. The molecule has 1 aliphatic heterocycles. The van der Waals surface area contributed by atoms with Gasteiger partial charge in [-0.3, -0.25) is 9.59 Å². The second-order valence-electron chi connectivity index (χ2n) is 6.76. The van der Waals surface area contributed by atoms with Crippen molar-refractivity contribution < 1.29 is 14.1 Å². The molecule has 0 spiro atoms. The van der Waals surface area contributed by atoms with Crippen molar-refractivity contribution in [3.8, 4) is 11.3 Å². The number of nitrogens with zero attached hydrogens (tertiary/aromatic N) is 2. The molecule has 1 saturated heterocycles. The van der Waals surface area contributed by atoms with Crippen LogP contribution in [0.4, 0.5) is 0 Å². The van der Waals surface area contributed by atoms with E-state index < -0.39 is 0 Å². The molecule has 136 valence electrons. The van der Waals surface area contributed by atoms with E-state index in [0.29, 0.717) is 24.4 Å². The monoisotopic (exact) mass is 360 g/mol. The number of benzene rings is 2. The highest BCUT2D eigenvalue weighted by Crippen LogP contribution is 2.24. The topological polar surface area (TPSA) is 63.4 Å². The van der Waals surface area contributed by atoms with Gasteiger partial charge in [-0.05, 0) is 12.8 Å². The maximum Gasteiger partial charge on any atom is 0.276 e. The first kappa shape index (κ1) is 17.2. The number of piperidine rings is 1. The van der Waals surface area contributed by atoms with Crippen molar-refractivity contribution in [2.45, 2.75) is 12.8 Å². The van der Waals surface area contributed by atoms with Crippen molar-refractivity contribution in [3.05, 3.63) is 78.0 Å². The van der Waals surface area contributed by atoms with E-state index in [1.165, 1.54) is 0 Å². The van der Waals surface area contributed by atoms with Gasteiger partial charge < -0.3 is 9.42 Å². The van der Waals surface area contributed by atoms with Crippen molar-refractivity contribution in [3.63, 3.8) is 0 Å². The van der Waals surface area contributed by atoms with E-state index in [9.17, 15) is 9.59 Å². The van der Waals surface area contributed by atoms with E-state index in [1.54, 1.807) is 11.0 Å². The van der Waals surface area contributed by atoms with Crippen LogP contribution in [0.15, 0.2) is 71.3 Å². The fraction of sp³-hybridized carbons (Fsp3) is 0.227. The maximum absolute atomic E-state index is 12.8. The van der Waals surface area contributed by atoms with Gasteiger partial charge in [-0.25, -0.2) is 0 Å². The van der Waals surface area contributed by atoms with Crippen LogP contribution in [0.3, 0.4) is 0 Å². The van der Waals surface area contributed by atoms with Crippen LogP contribution in [0.25, 0.3) is 11.3 Å². The van der Waals surface area contributed by atoms with Crippen LogP contribution in [-0.4, -0.2) is 34.8 Å². The summed E-state index contributed by atoms with van der Waals surface area (Å²) < 4.78 is 5.34. The number of rotatable bonds is 4. The molecular formula is C22H20N2O3. The molecule has 2 aromatic carbocycles. The summed E-state index contributed by atoms with van der Waals surface area (Å²) in [7, 11) is 0. The van der Waals surface area contributed by atoms with Gasteiger partial charge in [-0.15, -0.1) is 0 Å². The van der Waals surface area contributed by atoms with Gasteiger partial charge in [0.2, 0.25) is 0 Å². The summed E-state index contributed by atoms with van der Waals surface area (Å²) in [5, 5.41) is 3.94. The predicted molar refractivity (Wildman–Crippen MR) is 101 cm³/mol. The molecule has 27 heavy (non-hydrogen) atoms. The second kappa shape index (κ2) is 7.58. The standard InChI is InChI=1S/C22H20N2O3/c25-21(17-10-5-2-6-11-17)18-12-7-13-24(15-18)22(26)19-14-20(27-23-19)16-8-3-1-4-9-16/h1-6,8-11,14,18H,7,12-13,15H2/t18-/m0/s1. The van der Waals surface area contributed by atoms with Crippen molar-refractivity contribution in [2.75, 3.05) is 13.1 Å². The number of likely N-dealkylation sites (tertiary alicyclic amines) is 1. The highest BCUT2D eigenvalue weighted by Gasteiger charge is 2.30. The summed E-state index contributed by atoms with van der Waals surface area (Å²) in [6.07, 6.45) is 1.60. The SMILES string of the molecule is O=C(c1ccccc1)[C@H]1CCCN(C(=O)c2cc(-c3ccccc3)on2)C1. The molecule has 0 unspecified atom stereocenters. The van der Waals surface area contributed by atoms with Crippen LogP contribution >= 0.6 is 0 Å². The van der Waals surface area contributed by atoms with Crippen LogP contribution in [0, 0.1) is 5.92 Å². The first-order valence-electron chi connectivity index (χ1n) is 9.13. The lowest BCUT2D eigenvalue weighted by atomic mass is 9.90. The molecule has 5 nitrogen and oxygen atoms in total. The number of carbonyl (C=O) groups excluding carboxylic acids is 2. The smallest absolute Gasteiger partial charge is 0.276 e. The molecule has 4 rings (SSSR count). The highest BCUT2D eigenvalue weighted by molar-refractivity contribution is 5.99. The molecule has 1 aromatic heterocycles. The van der Waals surface area contributed by atoms with E-state index in [0.717, 1.165) is 18.4 Å². The minimum Gasteiger partial charge on any atom is -0.355 e. The first-order chi connectivity index (χ1) is 13.2. The molecule has 0 N–H and O–H groups in total. The Morgan fingerprint density at radius 2 is 1.70 bits per heavy atom. The van der Waals surface area contributed by atoms with Crippen molar-refractivity contribution in [1.82, 2.24) is 10.1 Å². The Labute approximate surface area is 157 Å². The predicted octanol–water partition coefficient (Wildman–Crippen LogP) is 4.08. The fourth-order valence-electron chi connectivity index (χ4n) is 3.49. The summed E-state index contributed by atoms with van der Waals surface area (Å²) in [5.74, 6) is 0.295. The molecule has 3 aromatic rings. The summed E-state index contributed by atoms with van der Waals surface area (Å²) in [6.45, 7) is 1.05. The van der Waals surface area contributed by atoms with Crippen LogP contribution in [0.1, 0.15) is 33.7 Å². The summed E-state index contributed by atoms with van der Waals surface area (Å²) in [4.78, 5) is 27.3. The Morgan fingerprint density at radius 3 is 2.44 bits per heavy atom. The summed E-state index contributed by atoms with van der Waals surface area (Å²) in [5.41, 5.74) is 1.85. The third kappa shape index (κ3) is 3.67. The second-order valence-corrected chi connectivity index (χ2v) is 6.76. The number of ketones is 1.